The van der Waals surface area contributed by atoms with Gasteiger partial charge in [-0.05, 0) is 32.0 Å². The first-order chi connectivity index (χ1) is 9.54. The summed E-state index contributed by atoms with van der Waals surface area (Å²) in [4.78, 5) is 6.84. The maximum absolute atomic E-state index is 6.16. The molecule has 6 heteroatoms. The van der Waals surface area contributed by atoms with E-state index >= 15 is 0 Å². The Morgan fingerprint density at radius 3 is 2.90 bits per heavy atom. The number of imidazole rings is 1. The number of hydrogen-bond acceptors (Lipinski definition) is 3. The molecule has 2 aromatic heterocycles. The van der Waals surface area contributed by atoms with Crippen LogP contribution in [-0.2, 0) is 6.54 Å². The Bertz CT molecular complexity index is 776. The van der Waals surface area contributed by atoms with Crippen molar-refractivity contribution in [3.63, 3.8) is 0 Å². The van der Waals surface area contributed by atoms with E-state index in [1.165, 1.54) is 4.88 Å². The Kier molecular flexibility index (Phi) is 3.63. The third-order valence-electron chi connectivity index (χ3n) is 3.12. The topological polar surface area (TPSA) is 29.3 Å². The zero-order valence-electron chi connectivity index (χ0n) is 11.1. The van der Waals surface area contributed by atoms with Gasteiger partial charge in [-0.25, -0.2) is 4.98 Å². The number of nitrogens with one attached hydrogen (secondary N) is 1. The quantitative estimate of drug-likeness (QED) is 0.739. The van der Waals surface area contributed by atoms with Crippen molar-refractivity contribution >= 4 is 45.2 Å². The molecule has 1 N–H and O–H groups in total. The van der Waals surface area contributed by atoms with E-state index in [9.17, 15) is 0 Å². The van der Waals surface area contributed by atoms with Crippen LogP contribution >= 0.6 is 34.5 Å². The Morgan fingerprint density at radius 1 is 1.30 bits per heavy atom. The molecule has 0 amide bonds. The third-order valence-corrected chi connectivity index (χ3v) is 4.58. The van der Waals surface area contributed by atoms with Crippen LogP contribution in [0, 0.1) is 13.8 Å². The fourth-order valence-corrected chi connectivity index (χ4v) is 3.38. The van der Waals surface area contributed by atoms with Crippen molar-refractivity contribution in [2.45, 2.75) is 20.4 Å². The van der Waals surface area contributed by atoms with Gasteiger partial charge in [0.05, 0.1) is 28.6 Å². The van der Waals surface area contributed by atoms with Gasteiger partial charge in [-0.3, -0.25) is 4.40 Å². The highest BCUT2D eigenvalue weighted by atomic mass is 35.5. The summed E-state index contributed by atoms with van der Waals surface area (Å²) < 4.78 is 2.13. The molecule has 104 valence electrons. The standard InChI is InChI=1S/C14H13Cl2N3S/c1-8-7-19-13(9(2)18-14(19)20-8)6-17-12-5-10(15)3-4-11(12)16/h3-5,7,17H,6H2,1-2H3. The molecule has 0 aliphatic carbocycles. The van der Waals surface area contributed by atoms with Gasteiger partial charge in [0.25, 0.3) is 0 Å². The Morgan fingerprint density at radius 2 is 2.10 bits per heavy atom. The van der Waals surface area contributed by atoms with E-state index in [-0.39, 0.29) is 0 Å². The summed E-state index contributed by atoms with van der Waals surface area (Å²) in [5, 5.41) is 4.65. The lowest BCUT2D eigenvalue weighted by molar-refractivity contribution is 0.991. The molecule has 0 saturated carbocycles. The predicted molar refractivity (Wildman–Crippen MR) is 86.3 cm³/mol. The van der Waals surface area contributed by atoms with Crippen molar-refractivity contribution in [3.05, 3.63) is 50.7 Å². The van der Waals surface area contributed by atoms with Gasteiger partial charge < -0.3 is 5.32 Å². The number of rotatable bonds is 3. The number of thiazole rings is 1. The average molecular weight is 326 g/mol. The lowest BCUT2D eigenvalue weighted by atomic mass is 10.3. The van der Waals surface area contributed by atoms with Gasteiger partial charge >= 0.3 is 0 Å². The Labute approximate surface area is 131 Å². The number of hydrogen-bond donors (Lipinski definition) is 1. The second kappa shape index (κ2) is 5.28. The van der Waals surface area contributed by atoms with Crippen LogP contribution in [0.5, 0.6) is 0 Å². The fraction of sp³-hybridized carbons (Fsp3) is 0.214. The number of anilines is 1. The van der Waals surface area contributed by atoms with Crippen LogP contribution in [0.3, 0.4) is 0 Å². The largest absolute Gasteiger partial charge is 0.378 e. The Balaban J connectivity index is 1.89. The number of aryl methyl sites for hydroxylation is 2. The minimum absolute atomic E-state index is 0.656. The van der Waals surface area contributed by atoms with Gasteiger partial charge in [-0.1, -0.05) is 23.2 Å². The number of halogens is 2. The van der Waals surface area contributed by atoms with E-state index in [0.29, 0.717) is 16.6 Å². The molecule has 3 nitrogen and oxygen atoms in total. The summed E-state index contributed by atoms with van der Waals surface area (Å²) in [5.41, 5.74) is 3.00. The summed E-state index contributed by atoms with van der Waals surface area (Å²) in [6.07, 6.45) is 2.11. The van der Waals surface area contributed by atoms with E-state index in [1.54, 1.807) is 23.5 Å². The summed E-state index contributed by atoms with van der Waals surface area (Å²) in [7, 11) is 0. The van der Waals surface area contributed by atoms with Crippen molar-refractivity contribution in [2.75, 3.05) is 5.32 Å². The summed E-state index contributed by atoms with van der Waals surface area (Å²) in [6.45, 7) is 4.76. The van der Waals surface area contributed by atoms with Crippen molar-refractivity contribution in [1.29, 1.82) is 0 Å². The first-order valence-corrected chi connectivity index (χ1v) is 7.75. The first kappa shape index (κ1) is 13.7. The number of benzene rings is 1. The molecule has 0 spiro atoms. The van der Waals surface area contributed by atoms with Crippen LogP contribution in [-0.4, -0.2) is 9.38 Å². The normalized spacial score (nSPS) is 11.2. The van der Waals surface area contributed by atoms with E-state index < -0.39 is 0 Å². The minimum Gasteiger partial charge on any atom is -0.378 e. The molecular formula is C14H13Cl2N3S. The van der Waals surface area contributed by atoms with E-state index in [4.69, 9.17) is 23.2 Å². The third kappa shape index (κ3) is 2.51. The van der Waals surface area contributed by atoms with Gasteiger partial charge in [-0.15, -0.1) is 11.3 Å². The molecule has 0 aliphatic heterocycles. The van der Waals surface area contributed by atoms with E-state index in [2.05, 4.69) is 27.8 Å². The van der Waals surface area contributed by atoms with Crippen LogP contribution in [0.15, 0.2) is 24.4 Å². The van der Waals surface area contributed by atoms with Crippen molar-refractivity contribution in [3.8, 4) is 0 Å². The molecular weight excluding hydrogens is 313 g/mol. The molecule has 3 aromatic rings. The summed E-state index contributed by atoms with van der Waals surface area (Å²) >= 11 is 13.8. The monoisotopic (exact) mass is 325 g/mol. The molecule has 0 aliphatic rings. The molecule has 20 heavy (non-hydrogen) atoms. The van der Waals surface area contributed by atoms with Crippen LogP contribution in [0.25, 0.3) is 4.96 Å². The van der Waals surface area contributed by atoms with Gasteiger partial charge in [0.1, 0.15) is 0 Å². The zero-order valence-corrected chi connectivity index (χ0v) is 13.4. The lowest BCUT2D eigenvalue weighted by Crippen LogP contribution is -2.04. The Hall–Kier alpha value is -1.23. The molecule has 2 heterocycles. The van der Waals surface area contributed by atoms with Crippen molar-refractivity contribution in [2.24, 2.45) is 0 Å². The second-order valence-electron chi connectivity index (χ2n) is 4.62. The minimum atomic E-state index is 0.656. The first-order valence-electron chi connectivity index (χ1n) is 6.17. The van der Waals surface area contributed by atoms with Crippen molar-refractivity contribution in [1.82, 2.24) is 9.38 Å². The summed E-state index contributed by atoms with van der Waals surface area (Å²) in [5.74, 6) is 0. The van der Waals surface area contributed by atoms with Crippen LogP contribution < -0.4 is 5.32 Å². The van der Waals surface area contributed by atoms with Crippen LogP contribution in [0.4, 0.5) is 5.69 Å². The van der Waals surface area contributed by atoms with Gasteiger partial charge in [-0.2, -0.15) is 0 Å². The molecule has 1 aromatic carbocycles. The van der Waals surface area contributed by atoms with Crippen LogP contribution in [0.1, 0.15) is 16.3 Å². The maximum atomic E-state index is 6.16. The van der Waals surface area contributed by atoms with Gasteiger partial charge in [0, 0.05) is 16.1 Å². The second-order valence-corrected chi connectivity index (χ2v) is 6.67. The molecule has 0 radical (unpaired) electrons. The zero-order chi connectivity index (χ0) is 14.3. The molecule has 3 rings (SSSR count). The number of nitrogens with zero attached hydrogens (tertiary/aromatic N) is 2. The molecule has 0 bridgehead atoms. The number of aromatic nitrogens is 2. The summed E-state index contributed by atoms with van der Waals surface area (Å²) in [6, 6.07) is 5.40. The smallest absolute Gasteiger partial charge is 0.194 e. The van der Waals surface area contributed by atoms with E-state index in [0.717, 1.165) is 22.0 Å². The number of fused-ring (bicyclic) bond motifs is 1. The SMILES string of the molecule is Cc1cn2c(CNc3cc(Cl)ccc3Cl)c(C)nc2s1. The fourth-order valence-electron chi connectivity index (χ4n) is 2.13. The van der Waals surface area contributed by atoms with Crippen LogP contribution in [0.2, 0.25) is 10.0 Å². The molecule has 0 saturated heterocycles. The molecule has 0 atom stereocenters. The lowest BCUT2D eigenvalue weighted by Gasteiger charge is -2.09. The molecule has 0 fully saturated rings. The van der Waals surface area contributed by atoms with E-state index in [1.807, 2.05) is 13.0 Å². The average Bonchev–Trinajstić information content (AvgIpc) is 2.86. The van der Waals surface area contributed by atoms with Crippen molar-refractivity contribution < 1.29 is 0 Å². The molecule has 0 unspecified atom stereocenters. The highest BCUT2D eigenvalue weighted by Gasteiger charge is 2.11. The maximum Gasteiger partial charge on any atom is 0.194 e. The predicted octanol–water partition coefficient (Wildman–Crippen LogP) is 4.93. The van der Waals surface area contributed by atoms with Gasteiger partial charge in [0.2, 0.25) is 0 Å². The highest BCUT2D eigenvalue weighted by molar-refractivity contribution is 7.17. The highest BCUT2D eigenvalue weighted by Crippen LogP contribution is 2.27. The van der Waals surface area contributed by atoms with Gasteiger partial charge in [0.15, 0.2) is 4.96 Å².